The van der Waals surface area contributed by atoms with Crippen molar-refractivity contribution < 1.29 is 4.48 Å². The van der Waals surface area contributed by atoms with Crippen molar-refractivity contribution in [2.75, 3.05) is 26.2 Å². The van der Waals surface area contributed by atoms with Crippen molar-refractivity contribution >= 4 is 0 Å². The van der Waals surface area contributed by atoms with Crippen LogP contribution in [0, 0.1) is 0 Å². The summed E-state index contributed by atoms with van der Waals surface area (Å²) >= 11 is 0. The van der Waals surface area contributed by atoms with Gasteiger partial charge in [-0.15, -0.1) is 0 Å². The van der Waals surface area contributed by atoms with E-state index in [1.165, 1.54) is 461 Å². The molecule has 0 amide bonds. The molecule has 458 valence electrons. The number of quaternary nitrogens is 1. The molecule has 0 aromatic heterocycles. The highest BCUT2D eigenvalue weighted by atomic mass is 15.3. The van der Waals surface area contributed by atoms with Crippen LogP contribution in [-0.4, -0.2) is 30.7 Å². The topological polar surface area (TPSA) is 0 Å². The van der Waals surface area contributed by atoms with Crippen molar-refractivity contribution in [3.8, 4) is 0 Å². The Morgan fingerprint density at radius 2 is 0.184 bits per heavy atom. The van der Waals surface area contributed by atoms with Crippen molar-refractivity contribution in [3.05, 3.63) is 0 Å². The maximum atomic E-state index is 2.33. The molecule has 0 unspecified atom stereocenters. The third-order valence-corrected chi connectivity index (χ3v) is 18.7. The molecule has 0 aliphatic carbocycles. The van der Waals surface area contributed by atoms with Gasteiger partial charge in [0.25, 0.3) is 0 Å². The van der Waals surface area contributed by atoms with Gasteiger partial charge >= 0.3 is 0 Å². The quantitative estimate of drug-likeness (QED) is 0.0421. The Balaban J connectivity index is 4.96. The van der Waals surface area contributed by atoms with E-state index >= 15 is 0 Å². The third kappa shape index (κ3) is 63.1. The van der Waals surface area contributed by atoms with Gasteiger partial charge in [0.05, 0.1) is 26.2 Å². The van der Waals surface area contributed by atoms with Crippen molar-refractivity contribution in [3.63, 3.8) is 0 Å². The van der Waals surface area contributed by atoms with Crippen LogP contribution >= 0.6 is 0 Å². The smallest absolute Gasteiger partial charge is 0.0786 e. The van der Waals surface area contributed by atoms with Gasteiger partial charge in [-0.2, -0.15) is 0 Å². The van der Waals surface area contributed by atoms with Crippen LogP contribution in [0.2, 0.25) is 0 Å². The lowest BCUT2D eigenvalue weighted by molar-refractivity contribution is -0.929. The summed E-state index contributed by atoms with van der Waals surface area (Å²) in [5, 5.41) is 0. The predicted molar refractivity (Wildman–Crippen MR) is 352 cm³/mol. The van der Waals surface area contributed by atoms with E-state index in [2.05, 4.69) is 27.7 Å². The zero-order valence-electron chi connectivity index (χ0n) is 54.7. The van der Waals surface area contributed by atoms with Crippen molar-refractivity contribution in [1.29, 1.82) is 0 Å². The van der Waals surface area contributed by atoms with Crippen LogP contribution in [0.4, 0.5) is 0 Å². The van der Waals surface area contributed by atoms with Crippen LogP contribution < -0.4 is 0 Å². The normalized spacial score (nSPS) is 12.0. The fraction of sp³-hybridized carbons (Fsp3) is 1.00. The molecule has 0 saturated carbocycles. The second-order valence-electron chi connectivity index (χ2n) is 26.5. The van der Waals surface area contributed by atoms with Gasteiger partial charge < -0.3 is 4.48 Å². The fourth-order valence-electron chi connectivity index (χ4n) is 13.2. The summed E-state index contributed by atoms with van der Waals surface area (Å²) in [6, 6.07) is 0. The van der Waals surface area contributed by atoms with E-state index in [0.29, 0.717) is 0 Å². The van der Waals surface area contributed by atoms with Crippen molar-refractivity contribution in [1.82, 2.24) is 0 Å². The SMILES string of the molecule is CCCCCCCCCCCCCCCCCCC[N+](CCCCCCCCCCCCCCCCCC)(CCCCCCCCCCCCCCCCCCC)CCCCCCCCCCCCCCCCCCC. The Labute approximate surface area is 486 Å². The van der Waals surface area contributed by atoms with Gasteiger partial charge in [0.1, 0.15) is 0 Å². The molecule has 76 heavy (non-hydrogen) atoms. The minimum absolute atomic E-state index is 1.37. The Morgan fingerprint density at radius 3 is 0.276 bits per heavy atom. The maximum Gasteiger partial charge on any atom is 0.0786 e. The highest BCUT2D eigenvalue weighted by Crippen LogP contribution is 2.23. The van der Waals surface area contributed by atoms with Crippen molar-refractivity contribution in [2.24, 2.45) is 0 Å². The van der Waals surface area contributed by atoms with E-state index in [4.69, 9.17) is 0 Å². The van der Waals surface area contributed by atoms with Crippen LogP contribution in [0.25, 0.3) is 0 Å². The summed E-state index contributed by atoms with van der Waals surface area (Å²) in [7, 11) is 0. The highest BCUT2D eigenvalue weighted by molar-refractivity contribution is 4.58. The summed E-state index contributed by atoms with van der Waals surface area (Å²) in [4.78, 5) is 0. The maximum absolute atomic E-state index is 2.33. The Bertz CT molecular complexity index is 878. The molecule has 1 heteroatoms. The second-order valence-corrected chi connectivity index (χ2v) is 26.5. The van der Waals surface area contributed by atoms with Gasteiger partial charge in [0.15, 0.2) is 0 Å². The molecule has 0 fully saturated rings. The largest absolute Gasteiger partial charge is 0.324 e. The van der Waals surface area contributed by atoms with E-state index in [0.717, 1.165) is 0 Å². The van der Waals surface area contributed by atoms with Crippen LogP contribution in [0.5, 0.6) is 0 Å². The van der Waals surface area contributed by atoms with E-state index < -0.39 is 0 Å². The molecule has 0 N–H and O–H groups in total. The van der Waals surface area contributed by atoms with Gasteiger partial charge in [-0.1, -0.05) is 407 Å². The van der Waals surface area contributed by atoms with Crippen LogP contribution in [0.1, 0.15) is 458 Å². The van der Waals surface area contributed by atoms with E-state index in [1.807, 2.05) is 0 Å². The zero-order chi connectivity index (χ0) is 54.7. The predicted octanol–water partition coefficient (Wildman–Crippen LogP) is 28.0. The van der Waals surface area contributed by atoms with Gasteiger partial charge in [0.2, 0.25) is 0 Å². The molecule has 0 aromatic rings. The summed E-state index contributed by atoms with van der Waals surface area (Å²) in [5.41, 5.74) is 0. The lowest BCUT2D eigenvalue weighted by atomic mass is 10.0. The Kier molecular flexibility index (Phi) is 69.2. The lowest BCUT2D eigenvalue weighted by Crippen LogP contribution is -2.50. The first-order valence-electron chi connectivity index (χ1n) is 37.6. The lowest BCUT2D eigenvalue weighted by Gasteiger charge is -2.40. The average molecular weight is 1070 g/mol. The van der Waals surface area contributed by atoms with Gasteiger partial charge in [0, 0.05) is 0 Å². The Morgan fingerprint density at radius 1 is 0.105 bits per heavy atom. The first kappa shape index (κ1) is 76.0. The number of hydrogen-bond donors (Lipinski definition) is 0. The van der Waals surface area contributed by atoms with Crippen molar-refractivity contribution in [2.45, 2.75) is 458 Å². The van der Waals surface area contributed by atoms with Crippen LogP contribution in [0.3, 0.4) is 0 Å². The molecule has 1 nitrogen and oxygen atoms in total. The number of unbranched alkanes of at least 4 members (excludes halogenated alkanes) is 63. The molecular weight excluding hydrogens is 915 g/mol. The molecule has 0 saturated heterocycles. The standard InChI is InChI=1S/C75H154N/c1-5-9-13-17-21-25-29-33-37-41-45-49-53-57-61-65-69-73-76(72-68-64-60-56-52-48-44-40-36-32-28-24-20-16-12-8-4,74-70-66-62-58-54-50-46-42-38-34-30-26-22-18-14-10-6-2)75-71-67-63-59-55-51-47-43-39-35-31-27-23-19-15-11-7-3/h5-75H2,1-4H3/q+1. The molecule has 0 heterocycles. The monoisotopic (exact) mass is 1070 g/mol. The van der Waals surface area contributed by atoms with E-state index in [9.17, 15) is 0 Å². The summed E-state index contributed by atoms with van der Waals surface area (Å²) in [6.45, 7) is 15.3. The molecule has 0 radical (unpaired) electrons. The van der Waals surface area contributed by atoms with Gasteiger partial charge in [-0.25, -0.2) is 0 Å². The molecule has 0 bridgehead atoms. The molecular formula is C75H154N+. The van der Waals surface area contributed by atoms with Crippen LogP contribution in [-0.2, 0) is 0 Å². The highest BCUT2D eigenvalue weighted by Gasteiger charge is 2.26. The van der Waals surface area contributed by atoms with E-state index in [1.54, 1.807) is 0 Å². The molecule has 0 spiro atoms. The van der Waals surface area contributed by atoms with Crippen LogP contribution in [0.15, 0.2) is 0 Å². The number of hydrogen-bond acceptors (Lipinski definition) is 0. The molecule has 0 aliphatic rings. The minimum Gasteiger partial charge on any atom is -0.324 e. The number of nitrogens with zero attached hydrogens (tertiary/aromatic N) is 1. The number of rotatable bonds is 71. The summed E-state index contributed by atoms with van der Waals surface area (Å²) < 4.78 is 1.49. The molecule has 0 atom stereocenters. The fourth-order valence-corrected chi connectivity index (χ4v) is 13.2. The van der Waals surface area contributed by atoms with Gasteiger partial charge in [-0.3, -0.25) is 0 Å². The zero-order valence-corrected chi connectivity index (χ0v) is 54.7. The minimum atomic E-state index is 1.37. The molecule has 0 aromatic carbocycles. The second kappa shape index (κ2) is 69.2. The Hall–Kier alpha value is -0.0400. The summed E-state index contributed by atoms with van der Waals surface area (Å²) in [5.74, 6) is 0. The first-order chi connectivity index (χ1) is 37.7. The molecule has 0 aliphatic heterocycles. The molecule has 0 rings (SSSR count). The summed E-state index contributed by atoms with van der Waals surface area (Å²) in [6.07, 6.45) is 99.2. The average Bonchev–Trinajstić information content (AvgIpc) is 3.43. The third-order valence-electron chi connectivity index (χ3n) is 18.7. The first-order valence-corrected chi connectivity index (χ1v) is 37.6. The van der Waals surface area contributed by atoms with E-state index in [-0.39, 0.29) is 0 Å². The van der Waals surface area contributed by atoms with Gasteiger partial charge in [-0.05, 0) is 51.4 Å².